The third kappa shape index (κ3) is 3.97. The van der Waals surface area contributed by atoms with Gasteiger partial charge in [0.15, 0.2) is 0 Å². The molecule has 1 unspecified atom stereocenters. The average molecular weight is 380 g/mol. The molecule has 6 nitrogen and oxygen atoms in total. The molecule has 6 heteroatoms. The molecule has 1 amide bonds. The first kappa shape index (κ1) is 18.7. The van der Waals surface area contributed by atoms with Crippen molar-refractivity contribution >= 4 is 11.6 Å². The minimum Gasteiger partial charge on any atom is -0.495 e. The van der Waals surface area contributed by atoms with Crippen LogP contribution in [0, 0.1) is 0 Å². The van der Waals surface area contributed by atoms with Crippen LogP contribution in [0.25, 0.3) is 0 Å². The molecular formula is C22H28N4O2. The maximum Gasteiger partial charge on any atom is 0.255 e. The Morgan fingerprint density at radius 2 is 1.89 bits per heavy atom. The van der Waals surface area contributed by atoms with E-state index < -0.39 is 0 Å². The summed E-state index contributed by atoms with van der Waals surface area (Å²) in [6, 6.07) is 12.3. The predicted molar refractivity (Wildman–Crippen MR) is 110 cm³/mol. The van der Waals surface area contributed by atoms with Gasteiger partial charge in [-0.25, -0.2) is 0 Å². The highest BCUT2D eigenvalue weighted by Gasteiger charge is 2.30. The van der Waals surface area contributed by atoms with E-state index >= 15 is 0 Å². The highest BCUT2D eigenvalue weighted by molar-refractivity contribution is 5.93. The van der Waals surface area contributed by atoms with Crippen molar-refractivity contribution in [2.24, 2.45) is 0 Å². The van der Waals surface area contributed by atoms with Crippen LogP contribution in [0.5, 0.6) is 5.75 Å². The van der Waals surface area contributed by atoms with E-state index in [0.717, 1.165) is 57.9 Å². The van der Waals surface area contributed by atoms with Crippen LogP contribution >= 0.6 is 0 Å². The second-order valence-corrected chi connectivity index (χ2v) is 7.48. The number of pyridine rings is 1. The number of nitrogens with zero attached hydrogens (tertiary/aromatic N) is 4. The van der Waals surface area contributed by atoms with Gasteiger partial charge in [0.1, 0.15) is 5.75 Å². The van der Waals surface area contributed by atoms with Gasteiger partial charge in [-0.3, -0.25) is 14.7 Å². The number of rotatable bonds is 4. The fourth-order valence-corrected chi connectivity index (χ4v) is 4.33. The minimum absolute atomic E-state index is 0.102. The summed E-state index contributed by atoms with van der Waals surface area (Å²) in [6.45, 7) is 5.63. The fraction of sp³-hybridized carbons (Fsp3) is 0.455. The number of para-hydroxylation sites is 2. The number of ether oxygens (including phenoxy) is 1. The summed E-state index contributed by atoms with van der Waals surface area (Å²) < 4.78 is 5.52. The first-order valence-electron chi connectivity index (χ1n) is 10.1. The van der Waals surface area contributed by atoms with Crippen LogP contribution in [0.1, 0.15) is 23.2 Å². The molecule has 0 aliphatic carbocycles. The second kappa shape index (κ2) is 8.61. The number of methoxy groups -OCH3 is 1. The van der Waals surface area contributed by atoms with Crippen molar-refractivity contribution in [2.45, 2.75) is 18.9 Å². The first-order valence-corrected chi connectivity index (χ1v) is 10.1. The average Bonchev–Trinajstić information content (AvgIpc) is 2.79. The van der Waals surface area contributed by atoms with Gasteiger partial charge in [0, 0.05) is 57.7 Å². The van der Waals surface area contributed by atoms with E-state index in [4.69, 9.17) is 4.74 Å². The van der Waals surface area contributed by atoms with Crippen LogP contribution in [-0.2, 0) is 0 Å². The Morgan fingerprint density at radius 3 is 2.64 bits per heavy atom. The number of likely N-dealkylation sites (tertiary alicyclic amines) is 1. The number of piperazine rings is 1. The molecule has 0 N–H and O–H groups in total. The number of piperidine rings is 1. The van der Waals surface area contributed by atoms with Crippen molar-refractivity contribution in [1.82, 2.24) is 14.8 Å². The van der Waals surface area contributed by atoms with Gasteiger partial charge >= 0.3 is 0 Å². The van der Waals surface area contributed by atoms with Gasteiger partial charge in [0.05, 0.1) is 18.4 Å². The summed E-state index contributed by atoms with van der Waals surface area (Å²) in [6.07, 6.45) is 5.59. The summed E-state index contributed by atoms with van der Waals surface area (Å²) in [5.41, 5.74) is 1.85. The molecule has 2 saturated heterocycles. The smallest absolute Gasteiger partial charge is 0.255 e. The van der Waals surface area contributed by atoms with Gasteiger partial charge in [-0.2, -0.15) is 0 Å². The monoisotopic (exact) mass is 380 g/mol. The summed E-state index contributed by atoms with van der Waals surface area (Å²) in [5, 5.41) is 0. The summed E-state index contributed by atoms with van der Waals surface area (Å²) in [5.74, 6) is 1.03. The van der Waals surface area contributed by atoms with E-state index in [1.54, 1.807) is 19.5 Å². The lowest BCUT2D eigenvalue weighted by Gasteiger charge is -2.44. The molecular weight excluding hydrogens is 352 g/mol. The maximum atomic E-state index is 12.8. The molecule has 148 valence electrons. The lowest BCUT2D eigenvalue weighted by molar-refractivity contribution is 0.0563. The Bertz CT molecular complexity index is 790. The number of benzene rings is 1. The number of carbonyl (C=O) groups is 1. The molecule has 0 spiro atoms. The maximum absolute atomic E-state index is 12.8. The normalized spacial score (nSPS) is 20.8. The summed E-state index contributed by atoms with van der Waals surface area (Å²) in [7, 11) is 1.73. The zero-order valence-corrected chi connectivity index (χ0v) is 16.5. The molecule has 2 aromatic rings. The van der Waals surface area contributed by atoms with E-state index in [2.05, 4.69) is 26.9 Å². The molecule has 0 radical (unpaired) electrons. The predicted octanol–water partition coefficient (Wildman–Crippen LogP) is 2.52. The van der Waals surface area contributed by atoms with Gasteiger partial charge in [0.25, 0.3) is 5.91 Å². The Morgan fingerprint density at radius 1 is 1.07 bits per heavy atom. The molecule has 1 aromatic carbocycles. The molecule has 2 aliphatic rings. The third-order valence-corrected chi connectivity index (χ3v) is 5.85. The largest absolute Gasteiger partial charge is 0.495 e. The van der Waals surface area contributed by atoms with Gasteiger partial charge in [0.2, 0.25) is 0 Å². The molecule has 0 bridgehead atoms. The Balaban J connectivity index is 1.36. The Labute approximate surface area is 166 Å². The molecule has 3 heterocycles. The van der Waals surface area contributed by atoms with Gasteiger partial charge < -0.3 is 14.5 Å². The van der Waals surface area contributed by atoms with Crippen molar-refractivity contribution in [3.8, 4) is 5.75 Å². The zero-order valence-electron chi connectivity index (χ0n) is 16.5. The lowest BCUT2D eigenvalue weighted by atomic mass is 10.0. The number of hydrogen-bond acceptors (Lipinski definition) is 5. The van der Waals surface area contributed by atoms with Gasteiger partial charge in [-0.1, -0.05) is 12.1 Å². The van der Waals surface area contributed by atoms with Crippen LogP contribution in [0.4, 0.5) is 5.69 Å². The van der Waals surface area contributed by atoms with E-state index in [-0.39, 0.29) is 5.91 Å². The van der Waals surface area contributed by atoms with Crippen molar-refractivity contribution in [3.05, 3.63) is 54.4 Å². The van der Waals surface area contributed by atoms with Crippen LogP contribution < -0.4 is 9.64 Å². The number of aromatic nitrogens is 1. The van der Waals surface area contributed by atoms with E-state index in [9.17, 15) is 4.79 Å². The SMILES string of the molecule is COc1ccccc1N1CCN(C2CCCN(C(=O)c3cccnc3)C2)CC1. The van der Waals surface area contributed by atoms with Crippen molar-refractivity contribution in [1.29, 1.82) is 0 Å². The van der Waals surface area contributed by atoms with E-state index in [0.29, 0.717) is 11.6 Å². The quantitative estimate of drug-likeness (QED) is 0.816. The second-order valence-electron chi connectivity index (χ2n) is 7.48. The first-order chi connectivity index (χ1) is 13.8. The number of anilines is 1. The molecule has 28 heavy (non-hydrogen) atoms. The number of hydrogen-bond donors (Lipinski definition) is 0. The minimum atomic E-state index is 0.102. The number of carbonyl (C=O) groups excluding carboxylic acids is 1. The fourth-order valence-electron chi connectivity index (χ4n) is 4.33. The Kier molecular flexibility index (Phi) is 5.76. The molecule has 4 rings (SSSR count). The van der Waals surface area contributed by atoms with E-state index in [1.807, 2.05) is 29.2 Å². The van der Waals surface area contributed by atoms with Gasteiger partial charge in [-0.15, -0.1) is 0 Å². The van der Waals surface area contributed by atoms with Crippen LogP contribution in [-0.4, -0.2) is 73.1 Å². The molecule has 2 aliphatic heterocycles. The zero-order chi connectivity index (χ0) is 19.3. The van der Waals surface area contributed by atoms with Crippen LogP contribution in [0.3, 0.4) is 0 Å². The molecule has 0 saturated carbocycles. The highest BCUT2D eigenvalue weighted by atomic mass is 16.5. The van der Waals surface area contributed by atoms with Crippen LogP contribution in [0.15, 0.2) is 48.8 Å². The van der Waals surface area contributed by atoms with E-state index in [1.165, 1.54) is 5.69 Å². The third-order valence-electron chi connectivity index (χ3n) is 5.85. The summed E-state index contributed by atoms with van der Waals surface area (Å²) in [4.78, 5) is 23.8. The van der Waals surface area contributed by atoms with Crippen molar-refractivity contribution in [2.75, 3.05) is 51.3 Å². The lowest BCUT2D eigenvalue weighted by Crippen LogP contribution is -2.55. The topological polar surface area (TPSA) is 48.9 Å². The summed E-state index contributed by atoms with van der Waals surface area (Å²) >= 11 is 0. The van der Waals surface area contributed by atoms with Crippen LogP contribution in [0.2, 0.25) is 0 Å². The molecule has 2 fully saturated rings. The highest BCUT2D eigenvalue weighted by Crippen LogP contribution is 2.29. The van der Waals surface area contributed by atoms with Gasteiger partial charge in [-0.05, 0) is 37.1 Å². The Hall–Kier alpha value is -2.60. The van der Waals surface area contributed by atoms with Crippen molar-refractivity contribution < 1.29 is 9.53 Å². The van der Waals surface area contributed by atoms with Crippen molar-refractivity contribution in [3.63, 3.8) is 0 Å². The standard InChI is InChI=1S/C22H28N4O2/c1-28-21-9-3-2-8-20(21)25-14-12-24(13-15-25)19-7-5-11-26(17-19)22(27)18-6-4-10-23-16-18/h2-4,6,8-10,16,19H,5,7,11-15,17H2,1H3. The molecule has 1 aromatic heterocycles. The molecule has 1 atom stereocenters. The number of amides is 1.